The van der Waals surface area contributed by atoms with Gasteiger partial charge in [-0.25, -0.2) is 0 Å². The molecule has 0 aliphatic rings. The SMILES string of the molecule is S=c1scc(-c2ccccc2)n1CCS. The molecular formula is C11H11NS3. The molecule has 0 radical (unpaired) electrons. The van der Waals surface area contributed by atoms with Gasteiger partial charge < -0.3 is 4.57 Å². The number of hydrogen-bond acceptors (Lipinski definition) is 3. The molecule has 0 saturated carbocycles. The zero-order chi connectivity index (χ0) is 10.7. The first kappa shape index (κ1) is 10.9. The van der Waals surface area contributed by atoms with Crippen molar-refractivity contribution < 1.29 is 0 Å². The molecule has 2 rings (SSSR count). The summed E-state index contributed by atoms with van der Waals surface area (Å²) in [5.74, 6) is 0.810. The van der Waals surface area contributed by atoms with Gasteiger partial charge in [-0.1, -0.05) is 30.3 Å². The fraction of sp³-hybridized carbons (Fsp3) is 0.182. The topological polar surface area (TPSA) is 4.93 Å². The van der Waals surface area contributed by atoms with Crippen LogP contribution in [0.1, 0.15) is 0 Å². The van der Waals surface area contributed by atoms with Crippen LogP contribution in [0.25, 0.3) is 11.3 Å². The van der Waals surface area contributed by atoms with Gasteiger partial charge in [0.15, 0.2) is 3.95 Å². The highest BCUT2D eigenvalue weighted by molar-refractivity contribution is 7.80. The first-order valence-corrected chi connectivity index (χ1v) is 6.59. The zero-order valence-corrected chi connectivity index (χ0v) is 10.6. The van der Waals surface area contributed by atoms with Crippen LogP contribution in [0.2, 0.25) is 0 Å². The Labute approximate surface area is 104 Å². The van der Waals surface area contributed by atoms with Crippen LogP contribution in [0.5, 0.6) is 0 Å². The average Bonchev–Trinajstić information content (AvgIpc) is 2.63. The molecule has 0 N–H and O–H groups in total. The Balaban J connectivity index is 2.49. The quantitative estimate of drug-likeness (QED) is 0.643. The molecule has 4 heteroatoms. The predicted molar refractivity (Wildman–Crippen MR) is 72.4 cm³/mol. The number of aromatic nitrogens is 1. The van der Waals surface area contributed by atoms with Crippen LogP contribution in [-0.2, 0) is 6.54 Å². The van der Waals surface area contributed by atoms with E-state index in [2.05, 4.69) is 34.7 Å². The van der Waals surface area contributed by atoms with Crippen LogP contribution < -0.4 is 0 Å². The molecule has 1 nitrogen and oxygen atoms in total. The number of benzene rings is 1. The number of thiol groups is 1. The van der Waals surface area contributed by atoms with E-state index in [0.29, 0.717) is 0 Å². The van der Waals surface area contributed by atoms with Crippen LogP contribution in [0.15, 0.2) is 35.7 Å². The van der Waals surface area contributed by atoms with E-state index in [0.717, 1.165) is 16.3 Å². The summed E-state index contributed by atoms with van der Waals surface area (Å²) in [7, 11) is 0. The Morgan fingerprint density at radius 1 is 1.27 bits per heavy atom. The van der Waals surface area contributed by atoms with E-state index < -0.39 is 0 Å². The molecule has 2 aromatic rings. The van der Waals surface area contributed by atoms with Gasteiger partial charge in [0, 0.05) is 17.7 Å². The maximum atomic E-state index is 5.29. The fourth-order valence-corrected chi connectivity index (χ4v) is 2.80. The van der Waals surface area contributed by atoms with Gasteiger partial charge in [0.05, 0.1) is 5.69 Å². The average molecular weight is 253 g/mol. The number of rotatable bonds is 3. The molecule has 0 amide bonds. The summed E-state index contributed by atoms with van der Waals surface area (Å²) < 4.78 is 3.06. The van der Waals surface area contributed by atoms with Gasteiger partial charge >= 0.3 is 0 Å². The van der Waals surface area contributed by atoms with Crippen molar-refractivity contribution in [3.63, 3.8) is 0 Å². The molecule has 0 aliphatic carbocycles. The van der Waals surface area contributed by atoms with Crippen molar-refractivity contribution in [3.05, 3.63) is 39.7 Å². The van der Waals surface area contributed by atoms with Crippen molar-refractivity contribution >= 4 is 36.2 Å². The number of nitrogens with zero attached hydrogens (tertiary/aromatic N) is 1. The highest BCUT2D eigenvalue weighted by Crippen LogP contribution is 2.23. The third-order valence-corrected chi connectivity index (χ3v) is 3.65. The molecule has 15 heavy (non-hydrogen) atoms. The second-order valence-electron chi connectivity index (χ2n) is 3.13. The fourth-order valence-electron chi connectivity index (χ4n) is 1.48. The molecule has 0 fully saturated rings. The Morgan fingerprint density at radius 2 is 2.00 bits per heavy atom. The van der Waals surface area contributed by atoms with Crippen LogP contribution in [0.3, 0.4) is 0 Å². The molecule has 0 spiro atoms. The molecule has 0 saturated heterocycles. The Bertz CT molecular complexity index is 484. The third kappa shape index (κ3) is 2.33. The van der Waals surface area contributed by atoms with Crippen LogP contribution in [-0.4, -0.2) is 10.3 Å². The van der Waals surface area contributed by atoms with Gasteiger partial charge in [-0.05, 0) is 17.8 Å². The molecular weight excluding hydrogens is 242 g/mol. The van der Waals surface area contributed by atoms with Gasteiger partial charge in [0.1, 0.15) is 0 Å². The van der Waals surface area contributed by atoms with Crippen molar-refractivity contribution in [2.45, 2.75) is 6.54 Å². The summed E-state index contributed by atoms with van der Waals surface area (Å²) in [5.41, 5.74) is 2.41. The molecule has 1 aromatic carbocycles. The lowest BCUT2D eigenvalue weighted by Crippen LogP contribution is -2.00. The van der Waals surface area contributed by atoms with Crippen molar-refractivity contribution in [1.29, 1.82) is 0 Å². The number of thiazole rings is 1. The molecule has 0 atom stereocenters. The van der Waals surface area contributed by atoms with Gasteiger partial charge in [0.25, 0.3) is 0 Å². The summed E-state index contributed by atoms with van der Waals surface area (Å²) in [5, 5.41) is 2.11. The van der Waals surface area contributed by atoms with E-state index >= 15 is 0 Å². The van der Waals surface area contributed by atoms with Gasteiger partial charge in [0.2, 0.25) is 0 Å². The van der Waals surface area contributed by atoms with Crippen LogP contribution >= 0.6 is 36.2 Å². The minimum atomic E-state index is 0.810. The smallest absolute Gasteiger partial charge is 0.161 e. The Hall–Kier alpha value is -0.580. The summed E-state index contributed by atoms with van der Waals surface area (Å²) >= 11 is 11.1. The van der Waals surface area contributed by atoms with E-state index in [1.165, 1.54) is 11.3 Å². The van der Waals surface area contributed by atoms with E-state index in [9.17, 15) is 0 Å². The minimum absolute atomic E-state index is 0.810. The highest BCUT2D eigenvalue weighted by Gasteiger charge is 2.05. The second-order valence-corrected chi connectivity index (χ2v) is 5.08. The normalized spacial score (nSPS) is 10.5. The molecule has 0 unspecified atom stereocenters. The van der Waals surface area contributed by atoms with E-state index in [1.807, 2.05) is 18.2 Å². The van der Waals surface area contributed by atoms with Gasteiger partial charge in [-0.15, -0.1) is 11.3 Å². The zero-order valence-electron chi connectivity index (χ0n) is 8.09. The summed E-state index contributed by atoms with van der Waals surface area (Å²) in [6.45, 7) is 0.871. The lowest BCUT2D eigenvalue weighted by atomic mass is 10.2. The highest BCUT2D eigenvalue weighted by atomic mass is 32.1. The molecule has 1 heterocycles. The monoisotopic (exact) mass is 253 g/mol. The first-order valence-electron chi connectivity index (χ1n) is 4.67. The summed E-state index contributed by atoms with van der Waals surface area (Å²) in [6.07, 6.45) is 0. The van der Waals surface area contributed by atoms with Crippen LogP contribution in [0.4, 0.5) is 0 Å². The Morgan fingerprint density at radius 3 is 2.67 bits per heavy atom. The van der Waals surface area contributed by atoms with E-state index in [4.69, 9.17) is 12.2 Å². The third-order valence-electron chi connectivity index (χ3n) is 2.18. The van der Waals surface area contributed by atoms with Crippen LogP contribution in [0, 0.1) is 3.95 Å². The van der Waals surface area contributed by atoms with Crippen molar-refractivity contribution in [3.8, 4) is 11.3 Å². The van der Waals surface area contributed by atoms with E-state index in [-0.39, 0.29) is 0 Å². The predicted octanol–water partition coefficient (Wildman–Crippen LogP) is 3.88. The molecule has 1 aromatic heterocycles. The van der Waals surface area contributed by atoms with Crippen molar-refractivity contribution in [2.24, 2.45) is 0 Å². The van der Waals surface area contributed by atoms with Gasteiger partial charge in [-0.3, -0.25) is 0 Å². The molecule has 0 aliphatic heterocycles. The molecule has 0 bridgehead atoms. The summed E-state index contributed by atoms with van der Waals surface area (Å²) in [4.78, 5) is 0. The lowest BCUT2D eigenvalue weighted by molar-refractivity contribution is 0.783. The first-order chi connectivity index (χ1) is 7.33. The minimum Gasteiger partial charge on any atom is -0.322 e. The van der Waals surface area contributed by atoms with Crippen molar-refractivity contribution in [2.75, 3.05) is 5.75 Å². The summed E-state index contributed by atoms with van der Waals surface area (Å²) in [6, 6.07) is 10.3. The Kier molecular flexibility index (Phi) is 3.61. The number of hydrogen-bond donors (Lipinski definition) is 1. The second kappa shape index (κ2) is 4.96. The molecule has 78 valence electrons. The maximum Gasteiger partial charge on any atom is 0.161 e. The van der Waals surface area contributed by atoms with Crippen molar-refractivity contribution in [1.82, 2.24) is 4.57 Å². The van der Waals surface area contributed by atoms with E-state index in [1.54, 1.807) is 11.3 Å². The van der Waals surface area contributed by atoms with Gasteiger partial charge in [-0.2, -0.15) is 12.6 Å². The largest absolute Gasteiger partial charge is 0.322 e. The standard InChI is InChI=1S/C11H11NS3/c13-7-6-12-10(8-15-11(12)14)9-4-2-1-3-5-9/h1-5,8,13H,6-7H2. The lowest BCUT2D eigenvalue weighted by Gasteiger charge is -2.06. The maximum absolute atomic E-state index is 5.29.